The van der Waals surface area contributed by atoms with Gasteiger partial charge in [-0.1, -0.05) is 0 Å². The maximum Gasteiger partial charge on any atom is 0.341 e. The van der Waals surface area contributed by atoms with E-state index in [9.17, 15) is 4.79 Å². The van der Waals surface area contributed by atoms with E-state index in [1.165, 1.54) is 20.0 Å². The molecule has 0 unspecified atom stereocenters. The molecule has 0 bridgehead atoms. The minimum absolute atomic E-state index is 0.137. The fraction of sp³-hybridized carbons (Fsp3) is 0.583. The van der Waals surface area contributed by atoms with Crippen LogP contribution < -0.4 is 0 Å². The number of carbonyl (C=O) groups excluding carboxylic acids is 1. The Morgan fingerprint density at radius 2 is 2.13 bits per heavy atom. The molecule has 0 aromatic heterocycles. The summed E-state index contributed by atoms with van der Waals surface area (Å²) in [5, 5.41) is 0. The Bertz CT molecular complexity index is 333. The lowest BCUT2D eigenvalue weighted by molar-refractivity contribution is -0.136. The molecule has 0 radical (unpaired) electrons. The largest absolute Gasteiger partial charge is 0.487 e. The van der Waals surface area contributed by atoms with Crippen molar-refractivity contribution in [3.05, 3.63) is 23.5 Å². The maximum absolute atomic E-state index is 11.4. The van der Waals surface area contributed by atoms with Crippen LogP contribution in [0.25, 0.3) is 0 Å². The zero-order valence-electron chi connectivity index (χ0n) is 9.21. The van der Waals surface area contributed by atoms with E-state index in [4.69, 9.17) is 4.74 Å². The third-order valence-corrected chi connectivity index (χ3v) is 3.14. The van der Waals surface area contributed by atoms with Gasteiger partial charge in [-0.3, -0.25) is 0 Å². The van der Waals surface area contributed by atoms with E-state index in [2.05, 4.69) is 4.74 Å². The second kappa shape index (κ2) is 3.72. The lowest BCUT2D eigenvalue weighted by atomic mass is 9.97. The van der Waals surface area contributed by atoms with Crippen molar-refractivity contribution in [2.45, 2.75) is 38.2 Å². The van der Waals surface area contributed by atoms with Gasteiger partial charge in [-0.15, -0.1) is 0 Å². The highest BCUT2D eigenvalue weighted by atomic mass is 16.5. The van der Waals surface area contributed by atoms with E-state index in [0.717, 1.165) is 12.8 Å². The van der Waals surface area contributed by atoms with Crippen LogP contribution in [0.1, 0.15) is 32.6 Å². The monoisotopic (exact) mass is 208 g/mol. The first kappa shape index (κ1) is 10.3. The van der Waals surface area contributed by atoms with Crippen LogP contribution in [-0.2, 0) is 14.3 Å². The van der Waals surface area contributed by atoms with Crippen LogP contribution in [0.2, 0.25) is 0 Å². The normalized spacial score (nSPS) is 23.1. The van der Waals surface area contributed by atoms with Crippen LogP contribution in [0.3, 0.4) is 0 Å². The molecular formula is C12H16O3. The topological polar surface area (TPSA) is 35.5 Å². The zero-order chi connectivity index (χ0) is 10.9. The molecule has 3 nitrogen and oxygen atoms in total. The van der Waals surface area contributed by atoms with Crippen LogP contribution in [-0.4, -0.2) is 18.7 Å². The van der Waals surface area contributed by atoms with Crippen molar-refractivity contribution in [1.82, 2.24) is 0 Å². The Morgan fingerprint density at radius 1 is 1.47 bits per heavy atom. The van der Waals surface area contributed by atoms with Gasteiger partial charge in [0.1, 0.15) is 11.4 Å². The molecule has 1 spiro atoms. The summed E-state index contributed by atoms with van der Waals surface area (Å²) in [5.74, 6) is 0.364. The number of hydrogen-bond donors (Lipinski definition) is 0. The van der Waals surface area contributed by atoms with E-state index in [-0.39, 0.29) is 11.6 Å². The fourth-order valence-electron chi connectivity index (χ4n) is 2.31. The van der Waals surface area contributed by atoms with Crippen molar-refractivity contribution in [1.29, 1.82) is 0 Å². The Labute approximate surface area is 89.8 Å². The van der Waals surface area contributed by atoms with Gasteiger partial charge in [-0.25, -0.2) is 4.79 Å². The summed E-state index contributed by atoms with van der Waals surface area (Å²) in [6.07, 6.45) is 8.36. The Hall–Kier alpha value is -1.25. The third kappa shape index (κ3) is 1.78. The van der Waals surface area contributed by atoms with E-state index in [1.807, 2.05) is 19.1 Å². The van der Waals surface area contributed by atoms with Crippen LogP contribution in [0.15, 0.2) is 23.5 Å². The third-order valence-electron chi connectivity index (χ3n) is 3.14. The molecule has 0 saturated heterocycles. The van der Waals surface area contributed by atoms with Crippen molar-refractivity contribution in [2.75, 3.05) is 7.11 Å². The van der Waals surface area contributed by atoms with Crippen molar-refractivity contribution >= 4 is 5.97 Å². The molecule has 0 aromatic carbocycles. The summed E-state index contributed by atoms with van der Waals surface area (Å²) < 4.78 is 10.5. The van der Waals surface area contributed by atoms with Gasteiger partial charge in [-0.2, -0.15) is 0 Å². The van der Waals surface area contributed by atoms with Crippen LogP contribution in [0.4, 0.5) is 0 Å². The number of ether oxygens (including phenoxy) is 2. The minimum Gasteiger partial charge on any atom is -0.487 e. The second-order valence-corrected chi connectivity index (χ2v) is 4.17. The van der Waals surface area contributed by atoms with Gasteiger partial charge in [0, 0.05) is 0 Å². The predicted molar refractivity (Wildman–Crippen MR) is 56.1 cm³/mol. The second-order valence-electron chi connectivity index (χ2n) is 4.17. The van der Waals surface area contributed by atoms with Crippen LogP contribution in [0.5, 0.6) is 0 Å². The van der Waals surface area contributed by atoms with Crippen molar-refractivity contribution in [2.24, 2.45) is 0 Å². The molecule has 3 heteroatoms. The van der Waals surface area contributed by atoms with Crippen molar-refractivity contribution in [3.63, 3.8) is 0 Å². The summed E-state index contributed by atoms with van der Waals surface area (Å²) in [5.41, 5.74) is 0.400. The smallest absolute Gasteiger partial charge is 0.341 e. The van der Waals surface area contributed by atoms with Gasteiger partial charge >= 0.3 is 5.97 Å². The molecule has 1 saturated carbocycles. The average Bonchev–Trinajstić information content (AvgIpc) is 2.65. The molecule has 0 amide bonds. The lowest BCUT2D eigenvalue weighted by Gasteiger charge is -2.31. The Balaban J connectivity index is 2.19. The number of rotatable bonds is 1. The molecule has 0 N–H and O–H groups in total. The SMILES string of the molecule is COC(=O)C1=C(C)OC2(C=C1)CCCC2. The van der Waals surface area contributed by atoms with E-state index in [0.29, 0.717) is 11.3 Å². The Kier molecular flexibility index (Phi) is 2.55. The number of allylic oxidation sites excluding steroid dienone is 1. The molecular weight excluding hydrogens is 192 g/mol. The zero-order valence-corrected chi connectivity index (χ0v) is 9.21. The fourth-order valence-corrected chi connectivity index (χ4v) is 2.31. The van der Waals surface area contributed by atoms with Crippen LogP contribution >= 0.6 is 0 Å². The van der Waals surface area contributed by atoms with E-state index in [1.54, 1.807) is 0 Å². The average molecular weight is 208 g/mol. The number of hydrogen-bond acceptors (Lipinski definition) is 3. The quantitative estimate of drug-likeness (QED) is 0.620. The maximum atomic E-state index is 11.4. The first-order chi connectivity index (χ1) is 7.17. The van der Waals surface area contributed by atoms with Gasteiger partial charge in [0.05, 0.1) is 12.7 Å². The number of methoxy groups -OCH3 is 1. The predicted octanol–water partition coefficient (Wildman–Crippen LogP) is 2.33. The molecule has 1 heterocycles. The first-order valence-electron chi connectivity index (χ1n) is 5.34. The standard InChI is InChI=1S/C12H16O3/c1-9-10(11(13)14-2)5-8-12(15-9)6-3-4-7-12/h5,8H,3-4,6-7H2,1-2H3. The molecule has 2 rings (SSSR count). The summed E-state index contributed by atoms with van der Waals surface area (Å²) in [7, 11) is 1.39. The summed E-state index contributed by atoms with van der Waals surface area (Å²) in [6, 6.07) is 0. The van der Waals surface area contributed by atoms with Gasteiger partial charge < -0.3 is 9.47 Å². The van der Waals surface area contributed by atoms with Gasteiger partial charge in [-0.05, 0) is 44.8 Å². The van der Waals surface area contributed by atoms with Crippen molar-refractivity contribution < 1.29 is 14.3 Å². The molecule has 0 aromatic rings. The lowest BCUT2D eigenvalue weighted by Crippen LogP contribution is -2.29. The highest BCUT2D eigenvalue weighted by Crippen LogP contribution is 2.39. The van der Waals surface area contributed by atoms with Gasteiger partial charge in [0.2, 0.25) is 0 Å². The highest BCUT2D eigenvalue weighted by Gasteiger charge is 2.36. The van der Waals surface area contributed by atoms with Gasteiger partial charge in [0.15, 0.2) is 0 Å². The van der Waals surface area contributed by atoms with Gasteiger partial charge in [0.25, 0.3) is 0 Å². The van der Waals surface area contributed by atoms with E-state index >= 15 is 0 Å². The summed E-state index contributed by atoms with van der Waals surface area (Å²) >= 11 is 0. The molecule has 1 aliphatic heterocycles. The minimum atomic E-state index is -0.323. The summed E-state index contributed by atoms with van der Waals surface area (Å²) in [4.78, 5) is 11.4. The molecule has 0 atom stereocenters. The molecule has 1 aliphatic carbocycles. The molecule has 1 fully saturated rings. The molecule has 2 aliphatic rings. The Morgan fingerprint density at radius 3 is 2.67 bits per heavy atom. The highest BCUT2D eigenvalue weighted by molar-refractivity contribution is 5.92. The van der Waals surface area contributed by atoms with Crippen molar-refractivity contribution in [3.8, 4) is 0 Å². The molecule has 82 valence electrons. The number of esters is 1. The van der Waals surface area contributed by atoms with Crippen LogP contribution in [0, 0.1) is 0 Å². The van der Waals surface area contributed by atoms with E-state index < -0.39 is 0 Å². The first-order valence-corrected chi connectivity index (χ1v) is 5.34. The summed E-state index contributed by atoms with van der Waals surface area (Å²) in [6.45, 7) is 1.83. The number of carbonyl (C=O) groups is 1. The molecule has 15 heavy (non-hydrogen) atoms.